The van der Waals surface area contributed by atoms with Crippen molar-refractivity contribution in [3.63, 3.8) is 0 Å². The van der Waals surface area contributed by atoms with Gasteiger partial charge in [0.15, 0.2) is 0 Å². The molecule has 3 aliphatic rings. The zero-order valence-electron chi connectivity index (χ0n) is 13.2. The molecule has 0 spiro atoms. The number of ether oxygens (including phenoxy) is 1. The van der Waals surface area contributed by atoms with Gasteiger partial charge in [0.05, 0.1) is 19.1 Å². The van der Waals surface area contributed by atoms with Crippen LogP contribution in [0, 0.1) is 17.8 Å². The lowest BCUT2D eigenvalue weighted by Gasteiger charge is -2.41. The molecule has 1 heterocycles. The fraction of sp³-hybridized carbons (Fsp3) is 0.941. The summed E-state index contributed by atoms with van der Waals surface area (Å²) >= 11 is 0. The summed E-state index contributed by atoms with van der Waals surface area (Å²) in [5, 5.41) is 9.44. The van der Waals surface area contributed by atoms with Gasteiger partial charge < -0.3 is 9.84 Å². The lowest BCUT2D eigenvalue weighted by molar-refractivity contribution is -0.143. The van der Waals surface area contributed by atoms with E-state index in [4.69, 9.17) is 4.74 Å². The van der Waals surface area contributed by atoms with Crippen LogP contribution in [-0.4, -0.2) is 47.8 Å². The van der Waals surface area contributed by atoms with Crippen LogP contribution < -0.4 is 0 Å². The van der Waals surface area contributed by atoms with E-state index in [1.54, 1.807) is 0 Å². The number of rotatable bonds is 6. The van der Waals surface area contributed by atoms with Crippen LogP contribution >= 0.6 is 0 Å². The van der Waals surface area contributed by atoms with Crippen molar-refractivity contribution < 1.29 is 14.6 Å². The van der Waals surface area contributed by atoms with Crippen molar-refractivity contribution in [2.45, 2.75) is 64.0 Å². The van der Waals surface area contributed by atoms with Crippen LogP contribution in [0.2, 0.25) is 0 Å². The molecule has 3 fully saturated rings. The molecule has 4 atom stereocenters. The van der Waals surface area contributed by atoms with Gasteiger partial charge in [0.25, 0.3) is 0 Å². The maximum absolute atomic E-state index is 11.5. The van der Waals surface area contributed by atoms with Gasteiger partial charge in [-0.3, -0.25) is 9.69 Å². The second kappa shape index (κ2) is 6.66. The highest BCUT2D eigenvalue weighted by atomic mass is 16.5. The van der Waals surface area contributed by atoms with Crippen LogP contribution in [0.4, 0.5) is 0 Å². The maximum atomic E-state index is 11.5. The van der Waals surface area contributed by atoms with Crippen LogP contribution in [0.25, 0.3) is 0 Å². The van der Waals surface area contributed by atoms with Gasteiger partial charge in [-0.15, -0.1) is 0 Å². The third-order valence-electron chi connectivity index (χ3n) is 5.72. The fourth-order valence-electron chi connectivity index (χ4n) is 4.48. The van der Waals surface area contributed by atoms with Gasteiger partial charge in [0.2, 0.25) is 0 Å². The first-order chi connectivity index (χ1) is 10.2. The Kier molecular flexibility index (Phi) is 4.85. The number of nitrogens with zero attached hydrogens (tertiary/aromatic N) is 1. The van der Waals surface area contributed by atoms with Gasteiger partial charge in [-0.05, 0) is 50.5 Å². The van der Waals surface area contributed by atoms with E-state index in [1.807, 2.05) is 0 Å². The summed E-state index contributed by atoms with van der Waals surface area (Å²) in [7, 11) is 0. The van der Waals surface area contributed by atoms with Crippen LogP contribution in [0.1, 0.15) is 51.9 Å². The quantitative estimate of drug-likeness (QED) is 0.818. The molecule has 2 saturated carbocycles. The molecule has 21 heavy (non-hydrogen) atoms. The third-order valence-corrected chi connectivity index (χ3v) is 5.72. The van der Waals surface area contributed by atoms with E-state index in [1.165, 1.54) is 38.5 Å². The Labute approximate surface area is 127 Å². The molecule has 0 bridgehead atoms. The average molecular weight is 295 g/mol. The molecule has 4 nitrogen and oxygen atoms in total. The number of hydrogen-bond acceptors (Lipinski definition) is 3. The topological polar surface area (TPSA) is 49.8 Å². The number of carbonyl (C=O) groups is 1. The van der Waals surface area contributed by atoms with Crippen molar-refractivity contribution in [1.29, 1.82) is 0 Å². The van der Waals surface area contributed by atoms with Crippen LogP contribution in [-0.2, 0) is 9.53 Å². The summed E-state index contributed by atoms with van der Waals surface area (Å²) in [6, 6.07) is 0.670. The number of carboxylic acids is 1. The zero-order valence-corrected chi connectivity index (χ0v) is 13.2. The first kappa shape index (κ1) is 15.3. The molecule has 0 aromatic heterocycles. The minimum Gasteiger partial charge on any atom is -0.481 e. The Morgan fingerprint density at radius 3 is 2.67 bits per heavy atom. The predicted molar refractivity (Wildman–Crippen MR) is 81.2 cm³/mol. The Balaban J connectivity index is 1.69. The molecular formula is C17H29NO3. The van der Waals surface area contributed by atoms with E-state index in [2.05, 4.69) is 11.8 Å². The number of hydrogen-bond donors (Lipinski definition) is 1. The van der Waals surface area contributed by atoms with E-state index in [-0.39, 0.29) is 12.0 Å². The summed E-state index contributed by atoms with van der Waals surface area (Å²) in [5.41, 5.74) is 0. The molecule has 0 amide bonds. The van der Waals surface area contributed by atoms with E-state index in [0.717, 1.165) is 24.8 Å². The van der Waals surface area contributed by atoms with Gasteiger partial charge in [0.1, 0.15) is 0 Å². The van der Waals surface area contributed by atoms with E-state index in [0.29, 0.717) is 19.3 Å². The molecule has 0 aromatic carbocycles. The predicted octanol–water partition coefficient (Wildman–Crippen LogP) is 2.77. The molecule has 3 rings (SSSR count). The Bertz CT molecular complexity index is 369. The second-order valence-corrected chi connectivity index (χ2v) is 7.21. The van der Waals surface area contributed by atoms with Crippen LogP contribution in [0.5, 0.6) is 0 Å². The van der Waals surface area contributed by atoms with Crippen LogP contribution in [0.3, 0.4) is 0 Å². The molecule has 0 aromatic rings. The summed E-state index contributed by atoms with van der Waals surface area (Å²) in [4.78, 5) is 14.0. The normalized spacial score (nSPS) is 37.0. The van der Waals surface area contributed by atoms with Crippen molar-refractivity contribution in [3.8, 4) is 0 Å². The molecule has 1 aliphatic heterocycles. The number of aliphatic carboxylic acids is 1. The molecule has 1 N–H and O–H groups in total. The Hall–Kier alpha value is -0.610. The van der Waals surface area contributed by atoms with Crippen LogP contribution in [0.15, 0.2) is 0 Å². The first-order valence-electron chi connectivity index (χ1n) is 8.77. The lowest BCUT2D eigenvalue weighted by atomic mass is 9.81. The highest BCUT2D eigenvalue weighted by Gasteiger charge is 2.42. The SMILES string of the molecule is CCCN(C1CCCC(C2CC2)C1)C1COCC1C(=O)O. The summed E-state index contributed by atoms with van der Waals surface area (Å²) in [5.74, 6) is 0.853. The van der Waals surface area contributed by atoms with Crippen molar-refractivity contribution in [3.05, 3.63) is 0 Å². The maximum Gasteiger partial charge on any atom is 0.310 e. The van der Waals surface area contributed by atoms with Crippen molar-refractivity contribution >= 4 is 5.97 Å². The molecule has 2 aliphatic carbocycles. The van der Waals surface area contributed by atoms with Gasteiger partial charge in [-0.25, -0.2) is 0 Å². The Morgan fingerprint density at radius 1 is 1.19 bits per heavy atom. The zero-order chi connectivity index (χ0) is 14.8. The van der Waals surface area contributed by atoms with E-state index in [9.17, 15) is 9.90 Å². The lowest BCUT2D eigenvalue weighted by Crippen LogP contribution is -2.50. The standard InChI is InChI=1S/C17H29NO3/c1-2-8-18(16-11-21-10-15(16)17(19)20)14-5-3-4-13(9-14)12-6-7-12/h12-16H,2-11H2,1H3,(H,19,20). The molecule has 4 unspecified atom stereocenters. The highest BCUT2D eigenvalue weighted by Crippen LogP contribution is 2.45. The molecule has 1 saturated heterocycles. The minimum absolute atomic E-state index is 0.0883. The monoisotopic (exact) mass is 295 g/mol. The molecular weight excluding hydrogens is 266 g/mol. The average Bonchev–Trinajstić information content (AvgIpc) is 3.22. The van der Waals surface area contributed by atoms with Crippen molar-refractivity contribution in [2.24, 2.45) is 17.8 Å². The largest absolute Gasteiger partial charge is 0.481 e. The van der Waals surface area contributed by atoms with Gasteiger partial charge in [0, 0.05) is 12.1 Å². The van der Waals surface area contributed by atoms with Gasteiger partial charge in [-0.1, -0.05) is 19.8 Å². The fourth-order valence-corrected chi connectivity index (χ4v) is 4.48. The Morgan fingerprint density at radius 2 is 2.00 bits per heavy atom. The van der Waals surface area contributed by atoms with E-state index >= 15 is 0 Å². The van der Waals surface area contributed by atoms with Crippen molar-refractivity contribution in [1.82, 2.24) is 4.90 Å². The summed E-state index contributed by atoms with van der Waals surface area (Å²) in [6.07, 6.45) is 9.18. The summed E-state index contributed by atoms with van der Waals surface area (Å²) in [6.45, 7) is 4.19. The van der Waals surface area contributed by atoms with Gasteiger partial charge in [-0.2, -0.15) is 0 Å². The minimum atomic E-state index is -0.687. The highest BCUT2D eigenvalue weighted by molar-refractivity contribution is 5.71. The molecule has 4 heteroatoms. The van der Waals surface area contributed by atoms with E-state index < -0.39 is 5.97 Å². The summed E-state index contributed by atoms with van der Waals surface area (Å²) < 4.78 is 5.51. The molecule has 120 valence electrons. The molecule has 0 radical (unpaired) electrons. The van der Waals surface area contributed by atoms with Crippen molar-refractivity contribution in [2.75, 3.05) is 19.8 Å². The first-order valence-corrected chi connectivity index (χ1v) is 8.77. The second-order valence-electron chi connectivity index (χ2n) is 7.21. The number of carboxylic acid groups (broad SMARTS) is 1. The smallest absolute Gasteiger partial charge is 0.310 e. The third kappa shape index (κ3) is 3.42. The van der Waals surface area contributed by atoms with Gasteiger partial charge >= 0.3 is 5.97 Å².